The van der Waals surface area contributed by atoms with Crippen LogP contribution in [0.5, 0.6) is 0 Å². The summed E-state index contributed by atoms with van der Waals surface area (Å²) < 4.78 is 5.04. The molecule has 0 aliphatic rings. The molecule has 78 valence electrons. The smallest absolute Gasteiger partial charge is 0.0462 e. The molecule has 1 aromatic carbocycles. The second-order valence-corrected chi connectivity index (χ2v) is 3.93. The highest BCUT2D eigenvalue weighted by molar-refractivity contribution is 5.14. The molecule has 0 saturated heterocycles. The maximum Gasteiger partial charge on any atom is 0.0462 e. The molecule has 0 bridgehead atoms. The van der Waals surface area contributed by atoms with Crippen LogP contribution < -0.4 is 0 Å². The van der Waals surface area contributed by atoms with Crippen LogP contribution in [-0.4, -0.2) is 13.7 Å². The summed E-state index contributed by atoms with van der Waals surface area (Å²) in [6, 6.07) is 10.7. The highest BCUT2D eigenvalue weighted by Gasteiger charge is 2.02. The lowest BCUT2D eigenvalue weighted by Crippen LogP contribution is -2.01. The Hall–Kier alpha value is -0.820. The number of hydrogen-bond acceptors (Lipinski definition) is 1. The van der Waals surface area contributed by atoms with E-state index in [4.69, 9.17) is 4.74 Å². The van der Waals surface area contributed by atoms with E-state index in [1.165, 1.54) is 24.8 Å². The Morgan fingerprint density at radius 1 is 1.21 bits per heavy atom. The average Bonchev–Trinajstić information content (AvgIpc) is 2.20. The third-order valence-electron chi connectivity index (χ3n) is 2.47. The Labute approximate surface area is 87.1 Å². The summed E-state index contributed by atoms with van der Waals surface area (Å²) >= 11 is 0. The number of hydrogen-bond donors (Lipinski definition) is 0. The second-order valence-electron chi connectivity index (χ2n) is 3.93. The van der Waals surface area contributed by atoms with Gasteiger partial charge in [-0.2, -0.15) is 0 Å². The lowest BCUT2D eigenvalue weighted by molar-refractivity contribution is 0.187. The summed E-state index contributed by atoms with van der Waals surface area (Å²) in [6.45, 7) is 3.20. The van der Waals surface area contributed by atoms with Crippen molar-refractivity contribution in [1.82, 2.24) is 0 Å². The first kappa shape index (κ1) is 11.3. The fourth-order valence-corrected chi connectivity index (χ4v) is 1.69. The fraction of sp³-hybridized carbons (Fsp3) is 0.538. The minimum absolute atomic E-state index is 0.757. The third-order valence-corrected chi connectivity index (χ3v) is 2.47. The molecule has 1 unspecified atom stereocenters. The minimum atomic E-state index is 0.757. The maximum atomic E-state index is 5.04. The first-order valence-electron chi connectivity index (χ1n) is 5.36. The first-order chi connectivity index (χ1) is 6.83. The van der Waals surface area contributed by atoms with Gasteiger partial charge in [-0.1, -0.05) is 37.3 Å². The van der Waals surface area contributed by atoms with Crippen molar-refractivity contribution in [3.8, 4) is 0 Å². The summed E-state index contributed by atoms with van der Waals surface area (Å²) in [6.07, 6.45) is 3.61. The molecule has 0 fully saturated rings. The first-order valence-corrected chi connectivity index (χ1v) is 5.36. The maximum absolute atomic E-state index is 5.04. The molecule has 14 heavy (non-hydrogen) atoms. The Kier molecular flexibility index (Phi) is 5.31. The van der Waals surface area contributed by atoms with Crippen molar-refractivity contribution in [2.75, 3.05) is 13.7 Å². The predicted molar refractivity (Wildman–Crippen MR) is 60.4 cm³/mol. The van der Waals surface area contributed by atoms with Crippen LogP contribution in [0.3, 0.4) is 0 Å². The fourth-order valence-electron chi connectivity index (χ4n) is 1.69. The summed E-state index contributed by atoms with van der Waals surface area (Å²) in [5.41, 5.74) is 1.44. The molecular formula is C13H20O. The normalized spacial score (nSPS) is 12.7. The van der Waals surface area contributed by atoms with Crippen LogP contribution in [0, 0.1) is 5.92 Å². The van der Waals surface area contributed by atoms with Crippen LogP contribution in [0.2, 0.25) is 0 Å². The number of benzene rings is 1. The lowest BCUT2D eigenvalue weighted by Gasteiger charge is -2.10. The lowest BCUT2D eigenvalue weighted by atomic mass is 9.97. The summed E-state index contributed by atoms with van der Waals surface area (Å²) in [7, 11) is 1.77. The van der Waals surface area contributed by atoms with E-state index in [9.17, 15) is 0 Å². The summed E-state index contributed by atoms with van der Waals surface area (Å²) in [4.78, 5) is 0. The standard InChI is InChI=1S/C13H20O/c1-12(7-6-10-14-2)11-13-8-4-3-5-9-13/h3-5,8-9,12H,6-7,10-11H2,1-2H3. The number of ether oxygens (including phenoxy) is 1. The highest BCUT2D eigenvalue weighted by Crippen LogP contribution is 2.13. The largest absolute Gasteiger partial charge is 0.385 e. The molecule has 0 radical (unpaired) electrons. The Morgan fingerprint density at radius 3 is 2.57 bits per heavy atom. The SMILES string of the molecule is COCCCC(C)Cc1ccccc1. The molecule has 0 aliphatic heterocycles. The summed E-state index contributed by atoms with van der Waals surface area (Å²) in [5, 5.41) is 0. The third kappa shape index (κ3) is 4.43. The molecule has 0 spiro atoms. The topological polar surface area (TPSA) is 9.23 Å². The molecular weight excluding hydrogens is 172 g/mol. The molecule has 0 aromatic heterocycles. The van der Waals surface area contributed by atoms with E-state index in [1.54, 1.807) is 7.11 Å². The van der Waals surface area contributed by atoms with Gasteiger partial charge in [0.2, 0.25) is 0 Å². The van der Waals surface area contributed by atoms with Crippen LogP contribution in [-0.2, 0) is 11.2 Å². The molecule has 0 aliphatic carbocycles. The van der Waals surface area contributed by atoms with E-state index in [-0.39, 0.29) is 0 Å². The molecule has 0 heterocycles. The van der Waals surface area contributed by atoms with E-state index in [0.29, 0.717) is 0 Å². The quantitative estimate of drug-likeness (QED) is 0.628. The van der Waals surface area contributed by atoms with Crippen LogP contribution in [0.25, 0.3) is 0 Å². The van der Waals surface area contributed by atoms with Gasteiger partial charge in [-0.05, 0) is 30.7 Å². The zero-order chi connectivity index (χ0) is 10.2. The van der Waals surface area contributed by atoms with Gasteiger partial charge in [0, 0.05) is 13.7 Å². The van der Waals surface area contributed by atoms with Gasteiger partial charge in [0.25, 0.3) is 0 Å². The second kappa shape index (κ2) is 6.61. The van der Waals surface area contributed by atoms with Gasteiger partial charge in [0.1, 0.15) is 0 Å². The van der Waals surface area contributed by atoms with E-state index in [2.05, 4.69) is 37.3 Å². The van der Waals surface area contributed by atoms with E-state index >= 15 is 0 Å². The van der Waals surface area contributed by atoms with Gasteiger partial charge in [0.15, 0.2) is 0 Å². The van der Waals surface area contributed by atoms with E-state index in [1.807, 2.05) is 0 Å². The van der Waals surface area contributed by atoms with Crippen molar-refractivity contribution < 1.29 is 4.74 Å². The average molecular weight is 192 g/mol. The highest BCUT2D eigenvalue weighted by atomic mass is 16.5. The van der Waals surface area contributed by atoms with Crippen LogP contribution >= 0.6 is 0 Å². The van der Waals surface area contributed by atoms with Crippen LogP contribution in [0.4, 0.5) is 0 Å². The predicted octanol–water partition coefficient (Wildman–Crippen LogP) is 3.29. The molecule has 1 aromatic rings. The van der Waals surface area contributed by atoms with E-state index < -0.39 is 0 Å². The molecule has 0 amide bonds. The zero-order valence-electron chi connectivity index (χ0n) is 9.20. The Balaban J connectivity index is 2.23. The van der Waals surface area contributed by atoms with Gasteiger partial charge >= 0.3 is 0 Å². The van der Waals surface area contributed by atoms with Crippen molar-refractivity contribution in [2.24, 2.45) is 5.92 Å². The van der Waals surface area contributed by atoms with Gasteiger partial charge in [0.05, 0.1) is 0 Å². The van der Waals surface area contributed by atoms with Crippen molar-refractivity contribution >= 4 is 0 Å². The van der Waals surface area contributed by atoms with Gasteiger partial charge < -0.3 is 4.74 Å². The van der Waals surface area contributed by atoms with Crippen LogP contribution in [0.15, 0.2) is 30.3 Å². The van der Waals surface area contributed by atoms with E-state index in [0.717, 1.165) is 12.5 Å². The van der Waals surface area contributed by atoms with Crippen LogP contribution in [0.1, 0.15) is 25.3 Å². The Bertz CT molecular complexity index is 230. The zero-order valence-corrected chi connectivity index (χ0v) is 9.20. The molecule has 1 nitrogen and oxygen atoms in total. The number of methoxy groups -OCH3 is 1. The minimum Gasteiger partial charge on any atom is -0.385 e. The van der Waals surface area contributed by atoms with Crippen molar-refractivity contribution in [3.05, 3.63) is 35.9 Å². The van der Waals surface area contributed by atoms with Gasteiger partial charge in [-0.3, -0.25) is 0 Å². The molecule has 1 atom stereocenters. The molecule has 1 rings (SSSR count). The van der Waals surface area contributed by atoms with Gasteiger partial charge in [-0.25, -0.2) is 0 Å². The molecule has 0 saturated carbocycles. The number of rotatable bonds is 6. The van der Waals surface area contributed by atoms with Gasteiger partial charge in [-0.15, -0.1) is 0 Å². The van der Waals surface area contributed by atoms with Crippen molar-refractivity contribution in [1.29, 1.82) is 0 Å². The van der Waals surface area contributed by atoms with Crippen molar-refractivity contribution in [2.45, 2.75) is 26.2 Å². The Morgan fingerprint density at radius 2 is 1.93 bits per heavy atom. The van der Waals surface area contributed by atoms with Crippen molar-refractivity contribution in [3.63, 3.8) is 0 Å². The summed E-state index contributed by atoms with van der Waals surface area (Å²) in [5.74, 6) is 0.757. The molecule has 1 heteroatoms. The molecule has 0 N–H and O–H groups in total. The monoisotopic (exact) mass is 192 g/mol.